The molecule has 1 atom stereocenters. The Bertz CT molecular complexity index is 883. The summed E-state index contributed by atoms with van der Waals surface area (Å²) in [7, 11) is 0. The minimum absolute atomic E-state index is 0.0328. The average Bonchev–Trinajstić information content (AvgIpc) is 3.26. The third-order valence-electron chi connectivity index (χ3n) is 3.82. The third-order valence-corrected chi connectivity index (χ3v) is 3.82. The van der Waals surface area contributed by atoms with E-state index in [9.17, 15) is 9.59 Å². The van der Waals surface area contributed by atoms with Crippen molar-refractivity contribution in [2.75, 3.05) is 0 Å². The molecular weight excluding hydrogens is 320 g/mol. The first-order chi connectivity index (χ1) is 12.0. The van der Waals surface area contributed by atoms with Gasteiger partial charge in [0, 0.05) is 24.3 Å². The van der Waals surface area contributed by atoms with Gasteiger partial charge in [0.25, 0.3) is 0 Å². The molecule has 128 valence electrons. The smallest absolute Gasteiger partial charge is 0.356 e. The minimum Gasteiger partial charge on any atom is -0.476 e. The molecule has 25 heavy (non-hydrogen) atoms. The Morgan fingerprint density at radius 3 is 2.60 bits per heavy atom. The molecule has 2 N–H and O–H groups in total. The summed E-state index contributed by atoms with van der Waals surface area (Å²) in [6.45, 7) is 1.87. The molecule has 0 aliphatic carbocycles. The molecule has 0 bridgehead atoms. The molecule has 0 radical (unpaired) electrons. The second kappa shape index (κ2) is 7.04. The molecule has 0 saturated carbocycles. The van der Waals surface area contributed by atoms with E-state index in [2.05, 4.69) is 10.4 Å². The highest BCUT2D eigenvalue weighted by atomic mass is 16.4. The number of hydrogen-bond acceptors (Lipinski definition) is 3. The normalized spacial score (nSPS) is 11.9. The summed E-state index contributed by atoms with van der Waals surface area (Å²) in [6, 6.07) is 13.0. The third kappa shape index (κ3) is 3.95. The lowest BCUT2D eigenvalue weighted by Gasteiger charge is -2.16. The van der Waals surface area contributed by atoms with Crippen LogP contribution in [-0.4, -0.2) is 31.3 Å². The summed E-state index contributed by atoms with van der Waals surface area (Å²) in [5, 5.41) is 15.6. The van der Waals surface area contributed by atoms with Crippen molar-refractivity contribution in [3.05, 3.63) is 72.3 Å². The van der Waals surface area contributed by atoms with Crippen LogP contribution in [0.3, 0.4) is 0 Å². The molecule has 7 nitrogen and oxygen atoms in total. The monoisotopic (exact) mass is 338 g/mol. The Labute approximate surface area is 144 Å². The number of carbonyl (C=O) groups excluding carboxylic acids is 1. The van der Waals surface area contributed by atoms with Crippen LogP contribution in [0.25, 0.3) is 5.69 Å². The number of aromatic nitrogens is 3. The van der Waals surface area contributed by atoms with Crippen LogP contribution in [0.1, 0.15) is 29.0 Å². The molecular formula is C18H18N4O3. The topological polar surface area (TPSA) is 89.2 Å². The highest BCUT2D eigenvalue weighted by Gasteiger charge is 2.13. The second-order valence-electron chi connectivity index (χ2n) is 5.68. The van der Waals surface area contributed by atoms with Crippen molar-refractivity contribution in [2.45, 2.75) is 19.5 Å². The Balaban J connectivity index is 1.65. The average molecular weight is 338 g/mol. The first-order valence-electron chi connectivity index (χ1n) is 7.82. The van der Waals surface area contributed by atoms with Gasteiger partial charge in [0.1, 0.15) is 6.54 Å². The number of rotatable bonds is 6. The second-order valence-corrected chi connectivity index (χ2v) is 5.68. The molecule has 0 fully saturated rings. The predicted octanol–water partition coefficient (Wildman–Crippen LogP) is 2.25. The molecule has 0 saturated heterocycles. The van der Waals surface area contributed by atoms with Gasteiger partial charge in [-0.05, 0) is 42.8 Å². The fraction of sp³-hybridized carbons (Fsp3) is 0.167. The van der Waals surface area contributed by atoms with Crippen molar-refractivity contribution < 1.29 is 14.7 Å². The zero-order chi connectivity index (χ0) is 17.8. The molecule has 1 aromatic carbocycles. The Morgan fingerprint density at radius 1 is 1.16 bits per heavy atom. The van der Waals surface area contributed by atoms with Crippen LogP contribution < -0.4 is 5.32 Å². The van der Waals surface area contributed by atoms with Crippen LogP contribution in [0.2, 0.25) is 0 Å². The molecule has 2 aromatic heterocycles. The van der Waals surface area contributed by atoms with Crippen LogP contribution in [0, 0.1) is 0 Å². The van der Waals surface area contributed by atoms with Gasteiger partial charge in [0.2, 0.25) is 5.91 Å². The van der Waals surface area contributed by atoms with E-state index in [0.29, 0.717) is 0 Å². The number of nitrogens with one attached hydrogen (secondary N) is 1. The molecule has 0 aliphatic rings. The van der Waals surface area contributed by atoms with E-state index in [-0.39, 0.29) is 24.2 Å². The first kappa shape index (κ1) is 16.5. The molecule has 3 rings (SSSR count). The Morgan fingerprint density at radius 2 is 1.92 bits per heavy atom. The van der Waals surface area contributed by atoms with Gasteiger partial charge in [-0.15, -0.1) is 0 Å². The van der Waals surface area contributed by atoms with Gasteiger partial charge < -0.3 is 15.0 Å². The number of aromatic carboxylic acids is 1. The van der Waals surface area contributed by atoms with Gasteiger partial charge in [0.15, 0.2) is 5.69 Å². The lowest BCUT2D eigenvalue weighted by Crippen LogP contribution is -2.30. The first-order valence-corrected chi connectivity index (χ1v) is 7.82. The summed E-state index contributed by atoms with van der Waals surface area (Å²) in [5.41, 5.74) is 1.91. The van der Waals surface area contributed by atoms with E-state index in [4.69, 9.17) is 5.11 Å². The van der Waals surface area contributed by atoms with Gasteiger partial charge in [-0.3, -0.25) is 9.48 Å². The molecule has 1 amide bonds. The van der Waals surface area contributed by atoms with E-state index in [1.54, 1.807) is 0 Å². The fourth-order valence-electron chi connectivity index (χ4n) is 2.54. The SMILES string of the molecule is C[C@@H](NC(=O)Cn1ccc(C(=O)O)n1)c1cccc(-n2cccc2)c1. The Kier molecular flexibility index (Phi) is 4.65. The molecule has 2 heterocycles. The maximum atomic E-state index is 12.2. The predicted molar refractivity (Wildman–Crippen MR) is 91.5 cm³/mol. The summed E-state index contributed by atoms with van der Waals surface area (Å²) in [6.07, 6.45) is 5.39. The van der Waals surface area contributed by atoms with Gasteiger partial charge in [-0.2, -0.15) is 5.10 Å². The van der Waals surface area contributed by atoms with Gasteiger partial charge in [0.05, 0.1) is 6.04 Å². The summed E-state index contributed by atoms with van der Waals surface area (Å²) in [5.74, 6) is -1.35. The van der Waals surface area contributed by atoms with E-state index < -0.39 is 5.97 Å². The number of hydrogen-bond donors (Lipinski definition) is 2. The standard InChI is InChI=1S/C18H18N4O3/c1-13(14-5-4-6-15(11-14)21-8-2-3-9-21)19-17(23)12-22-10-7-16(20-22)18(24)25/h2-11,13H,12H2,1H3,(H,19,23)(H,24,25)/t13-/m1/s1. The molecule has 7 heteroatoms. The number of nitrogens with zero attached hydrogens (tertiary/aromatic N) is 3. The van der Waals surface area contributed by atoms with Crippen LogP contribution in [0.4, 0.5) is 0 Å². The van der Waals surface area contributed by atoms with Crippen LogP contribution in [0.5, 0.6) is 0 Å². The zero-order valence-corrected chi connectivity index (χ0v) is 13.7. The summed E-state index contributed by atoms with van der Waals surface area (Å²) in [4.78, 5) is 23.0. The lowest BCUT2D eigenvalue weighted by molar-refractivity contribution is -0.122. The number of carboxylic acid groups (broad SMARTS) is 1. The van der Waals surface area contributed by atoms with Crippen LogP contribution in [-0.2, 0) is 11.3 Å². The van der Waals surface area contributed by atoms with Crippen molar-refractivity contribution in [3.63, 3.8) is 0 Å². The van der Waals surface area contributed by atoms with Crippen molar-refractivity contribution in [3.8, 4) is 5.69 Å². The van der Waals surface area contributed by atoms with Gasteiger partial charge in [-0.1, -0.05) is 12.1 Å². The van der Waals surface area contributed by atoms with Crippen molar-refractivity contribution in [2.24, 2.45) is 0 Å². The van der Waals surface area contributed by atoms with Crippen molar-refractivity contribution in [1.29, 1.82) is 0 Å². The maximum absolute atomic E-state index is 12.2. The number of benzene rings is 1. The number of amides is 1. The Hall–Kier alpha value is -3.35. The fourth-order valence-corrected chi connectivity index (χ4v) is 2.54. The summed E-state index contributed by atoms with van der Waals surface area (Å²) < 4.78 is 3.30. The highest BCUT2D eigenvalue weighted by molar-refractivity contribution is 5.85. The van der Waals surface area contributed by atoms with E-state index >= 15 is 0 Å². The maximum Gasteiger partial charge on any atom is 0.356 e. The van der Waals surface area contributed by atoms with E-state index in [1.165, 1.54) is 16.9 Å². The van der Waals surface area contributed by atoms with Crippen molar-refractivity contribution in [1.82, 2.24) is 19.7 Å². The number of carbonyl (C=O) groups is 2. The van der Waals surface area contributed by atoms with E-state index in [0.717, 1.165) is 11.3 Å². The van der Waals surface area contributed by atoms with Crippen molar-refractivity contribution >= 4 is 11.9 Å². The van der Waals surface area contributed by atoms with Crippen LogP contribution in [0.15, 0.2) is 61.1 Å². The van der Waals surface area contributed by atoms with Gasteiger partial charge in [-0.25, -0.2) is 4.79 Å². The molecule has 0 unspecified atom stereocenters. The minimum atomic E-state index is -1.12. The molecule has 3 aromatic rings. The largest absolute Gasteiger partial charge is 0.476 e. The lowest BCUT2D eigenvalue weighted by atomic mass is 10.1. The zero-order valence-electron chi connectivity index (χ0n) is 13.7. The number of carboxylic acids is 1. The highest BCUT2D eigenvalue weighted by Crippen LogP contribution is 2.17. The van der Waals surface area contributed by atoms with Crippen LogP contribution >= 0.6 is 0 Å². The van der Waals surface area contributed by atoms with Gasteiger partial charge >= 0.3 is 5.97 Å². The summed E-state index contributed by atoms with van der Waals surface area (Å²) >= 11 is 0. The quantitative estimate of drug-likeness (QED) is 0.721. The van der Waals surface area contributed by atoms with E-state index in [1.807, 2.05) is 60.3 Å². The molecule has 0 aliphatic heterocycles. The molecule has 0 spiro atoms.